The summed E-state index contributed by atoms with van der Waals surface area (Å²) in [6.07, 6.45) is 5.12. The quantitative estimate of drug-likeness (QED) is 0.439. The lowest BCUT2D eigenvalue weighted by molar-refractivity contribution is 0.267. The lowest BCUT2D eigenvalue weighted by Crippen LogP contribution is -2.45. The third-order valence-electron chi connectivity index (χ3n) is 4.16. The Kier molecular flexibility index (Phi) is 7.20. The van der Waals surface area contributed by atoms with Crippen LogP contribution >= 0.6 is 0 Å². The molecule has 1 aliphatic rings. The van der Waals surface area contributed by atoms with Crippen molar-refractivity contribution < 1.29 is 4.42 Å². The average molecular weight is 318 g/mol. The molecule has 0 aliphatic carbocycles. The number of likely N-dealkylation sites (tertiary alicyclic amines) is 1. The maximum atomic E-state index is 5.36. The molecule has 23 heavy (non-hydrogen) atoms. The lowest BCUT2D eigenvalue weighted by Gasteiger charge is -2.24. The molecule has 0 radical (unpaired) electrons. The molecule has 0 spiro atoms. The summed E-state index contributed by atoms with van der Waals surface area (Å²) < 4.78 is 5.36. The van der Waals surface area contributed by atoms with Gasteiger partial charge in [0, 0.05) is 25.6 Å². The molecule has 1 aliphatic heterocycles. The van der Waals surface area contributed by atoms with E-state index in [1.165, 1.54) is 19.4 Å². The number of hydrogen-bond acceptors (Lipinski definition) is 3. The predicted octanol–water partition coefficient (Wildman–Crippen LogP) is 2.42. The maximum absolute atomic E-state index is 5.36. The van der Waals surface area contributed by atoms with Crippen molar-refractivity contribution in [3.63, 3.8) is 0 Å². The molecule has 0 aromatic carbocycles. The van der Waals surface area contributed by atoms with Gasteiger partial charge in [0.1, 0.15) is 5.76 Å². The van der Waals surface area contributed by atoms with Crippen molar-refractivity contribution in [2.75, 3.05) is 32.7 Å². The van der Waals surface area contributed by atoms with Gasteiger partial charge in [-0.1, -0.05) is 19.1 Å². The van der Waals surface area contributed by atoms with E-state index in [4.69, 9.17) is 4.42 Å². The Labute approximate surface area is 139 Å². The highest BCUT2D eigenvalue weighted by molar-refractivity contribution is 5.80. The molecule has 0 bridgehead atoms. The highest BCUT2D eigenvalue weighted by Gasteiger charge is 2.22. The molecule has 5 heteroatoms. The third kappa shape index (κ3) is 6.10. The zero-order valence-electron chi connectivity index (χ0n) is 14.5. The monoisotopic (exact) mass is 318 g/mol. The molecule has 5 nitrogen and oxygen atoms in total. The summed E-state index contributed by atoms with van der Waals surface area (Å²) >= 11 is 0. The minimum Gasteiger partial charge on any atom is -0.469 e. The Balaban J connectivity index is 1.81. The van der Waals surface area contributed by atoms with Gasteiger partial charge in [-0.15, -0.1) is 0 Å². The molecular weight excluding hydrogens is 288 g/mol. The van der Waals surface area contributed by atoms with E-state index in [1.807, 2.05) is 19.1 Å². The molecule has 2 heterocycles. The van der Waals surface area contributed by atoms with Crippen molar-refractivity contribution in [1.29, 1.82) is 0 Å². The van der Waals surface area contributed by atoms with Crippen LogP contribution in [0, 0.1) is 0 Å². The van der Waals surface area contributed by atoms with Crippen LogP contribution in [0.4, 0.5) is 0 Å². The Morgan fingerprint density at radius 2 is 2.35 bits per heavy atom. The van der Waals surface area contributed by atoms with E-state index < -0.39 is 0 Å². The van der Waals surface area contributed by atoms with Crippen LogP contribution < -0.4 is 10.6 Å². The molecule has 1 aromatic heterocycles. The topological polar surface area (TPSA) is 52.8 Å². The lowest BCUT2D eigenvalue weighted by atomic mass is 10.2. The van der Waals surface area contributed by atoms with Gasteiger partial charge in [-0.05, 0) is 45.0 Å². The molecule has 2 rings (SSSR count). The van der Waals surface area contributed by atoms with Crippen molar-refractivity contribution in [2.45, 2.75) is 39.2 Å². The van der Waals surface area contributed by atoms with Gasteiger partial charge in [-0.3, -0.25) is 4.90 Å². The maximum Gasteiger partial charge on any atom is 0.191 e. The predicted molar refractivity (Wildman–Crippen MR) is 95.8 cm³/mol. The highest BCUT2D eigenvalue weighted by Crippen LogP contribution is 2.15. The second kappa shape index (κ2) is 9.40. The number of hydrogen-bond donors (Lipinski definition) is 2. The number of aliphatic imine (C=N–C) groups is 1. The minimum atomic E-state index is 0.613. The van der Waals surface area contributed by atoms with Crippen LogP contribution in [0.1, 0.15) is 32.4 Å². The van der Waals surface area contributed by atoms with Crippen molar-refractivity contribution in [3.8, 4) is 0 Å². The van der Waals surface area contributed by atoms with Crippen LogP contribution in [0.15, 0.2) is 40.0 Å². The number of rotatable bonds is 8. The normalized spacial score (nSPS) is 19.0. The fourth-order valence-electron chi connectivity index (χ4n) is 2.90. The smallest absolute Gasteiger partial charge is 0.191 e. The second-order valence-electron chi connectivity index (χ2n) is 6.18. The summed E-state index contributed by atoms with van der Waals surface area (Å²) in [6, 6.07) is 4.53. The number of likely N-dealkylation sites (N-methyl/N-ethyl adjacent to an activating group) is 1. The van der Waals surface area contributed by atoms with E-state index >= 15 is 0 Å². The van der Waals surface area contributed by atoms with E-state index in [2.05, 4.69) is 34.0 Å². The zero-order chi connectivity index (χ0) is 16.5. The van der Waals surface area contributed by atoms with Gasteiger partial charge < -0.3 is 15.1 Å². The Morgan fingerprint density at radius 1 is 1.48 bits per heavy atom. The zero-order valence-corrected chi connectivity index (χ0v) is 14.5. The van der Waals surface area contributed by atoms with Gasteiger partial charge in [0.05, 0.1) is 12.8 Å². The highest BCUT2D eigenvalue weighted by atomic mass is 16.3. The van der Waals surface area contributed by atoms with Crippen molar-refractivity contribution >= 4 is 5.96 Å². The van der Waals surface area contributed by atoms with Crippen LogP contribution in [0.2, 0.25) is 0 Å². The molecule has 1 unspecified atom stereocenters. The molecule has 1 fully saturated rings. The van der Waals surface area contributed by atoms with Crippen LogP contribution in [0.25, 0.3) is 0 Å². The van der Waals surface area contributed by atoms with Crippen LogP contribution in [0.5, 0.6) is 0 Å². The molecule has 0 amide bonds. The minimum absolute atomic E-state index is 0.613. The summed E-state index contributed by atoms with van der Waals surface area (Å²) in [5.41, 5.74) is 1.06. The Morgan fingerprint density at radius 3 is 3.04 bits per heavy atom. The fourth-order valence-corrected chi connectivity index (χ4v) is 2.90. The van der Waals surface area contributed by atoms with Gasteiger partial charge in [0.15, 0.2) is 5.96 Å². The van der Waals surface area contributed by atoms with E-state index in [0.29, 0.717) is 12.6 Å². The first-order chi connectivity index (χ1) is 11.2. The first-order valence-electron chi connectivity index (χ1n) is 8.62. The molecule has 128 valence electrons. The number of nitrogens with one attached hydrogen (secondary N) is 2. The summed E-state index contributed by atoms with van der Waals surface area (Å²) in [5, 5.41) is 6.88. The number of furan rings is 1. The third-order valence-corrected chi connectivity index (χ3v) is 4.16. The van der Waals surface area contributed by atoms with Crippen LogP contribution in [-0.4, -0.2) is 49.6 Å². The van der Waals surface area contributed by atoms with Crippen molar-refractivity contribution in [3.05, 3.63) is 36.3 Å². The van der Waals surface area contributed by atoms with E-state index in [0.717, 1.165) is 43.3 Å². The van der Waals surface area contributed by atoms with Gasteiger partial charge in [0.25, 0.3) is 0 Å². The molecule has 0 saturated carbocycles. The van der Waals surface area contributed by atoms with Crippen molar-refractivity contribution in [1.82, 2.24) is 15.5 Å². The standard InChI is InChI=1S/C18H30N4O/c1-4-22-11-5-7-16(22)14-21-18(20-13-15(2)3)19-10-9-17-8-6-12-23-17/h6,8,12,16H,2,4-5,7,9-11,13-14H2,1,3H3,(H2,19,20,21). The molecular formula is C18H30N4O. The summed E-state index contributed by atoms with van der Waals surface area (Å²) in [6.45, 7) is 12.9. The van der Waals surface area contributed by atoms with Gasteiger partial charge in [-0.25, -0.2) is 4.99 Å². The van der Waals surface area contributed by atoms with Crippen LogP contribution in [-0.2, 0) is 6.42 Å². The Hall–Kier alpha value is -1.75. The summed E-state index contributed by atoms with van der Waals surface area (Å²) in [5.74, 6) is 1.85. The summed E-state index contributed by atoms with van der Waals surface area (Å²) in [4.78, 5) is 7.13. The van der Waals surface area contributed by atoms with E-state index in [-0.39, 0.29) is 0 Å². The van der Waals surface area contributed by atoms with Gasteiger partial charge in [-0.2, -0.15) is 0 Å². The Bertz CT molecular complexity index is 495. The van der Waals surface area contributed by atoms with E-state index in [9.17, 15) is 0 Å². The molecule has 1 saturated heterocycles. The van der Waals surface area contributed by atoms with Crippen molar-refractivity contribution in [2.24, 2.45) is 4.99 Å². The fraction of sp³-hybridized carbons (Fsp3) is 0.611. The first-order valence-corrected chi connectivity index (χ1v) is 8.62. The molecule has 2 N–H and O–H groups in total. The second-order valence-corrected chi connectivity index (χ2v) is 6.18. The summed E-state index contributed by atoms with van der Waals surface area (Å²) in [7, 11) is 0. The largest absolute Gasteiger partial charge is 0.469 e. The first kappa shape index (κ1) is 17.6. The average Bonchev–Trinajstić information content (AvgIpc) is 3.20. The van der Waals surface area contributed by atoms with Gasteiger partial charge >= 0.3 is 0 Å². The van der Waals surface area contributed by atoms with E-state index in [1.54, 1.807) is 6.26 Å². The SMILES string of the molecule is C=C(C)CN=C(NCCc1ccco1)NCC1CCCN1CC. The van der Waals surface area contributed by atoms with Crippen LogP contribution in [0.3, 0.4) is 0 Å². The molecule has 1 aromatic rings. The molecule has 1 atom stereocenters. The number of nitrogens with zero attached hydrogens (tertiary/aromatic N) is 2. The van der Waals surface area contributed by atoms with Gasteiger partial charge in [0.2, 0.25) is 0 Å². The number of guanidine groups is 1.